The molecule has 35 heavy (non-hydrogen) atoms. The summed E-state index contributed by atoms with van der Waals surface area (Å²) in [5.74, 6) is -1.78. The van der Waals surface area contributed by atoms with Gasteiger partial charge in [0.2, 0.25) is 0 Å². The van der Waals surface area contributed by atoms with E-state index >= 15 is 0 Å². The molecule has 1 aromatic heterocycles. The second-order valence-electron chi connectivity index (χ2n) is 8.29. The largest absolute Gasteiger partial charge is 0.384 e. The fraction of sp³-hybridized carbons (Fsp3) is 0.240. The molecule has 1 aliphatic heterocycles. The number of benzene rings is 2. The number of carbonyl (C=O) groups excluding carboxylic acids is 3. The lowest BCUT2D eigenvalue weighted by Crippen LogP contribution is -2.46. The van der Waals surface area contributed by atoms with Gasteiger partial charge in [0.15, 0.2) is 11.3 Å². The summed E-state index contributed by atoms with van der Waals surface area (Å²) in [6, 6.07) is 16.6. The normalized spacial score (nSPS) is 14.7. The molecule has 3 amide bonds. The molecule has 0 spiro atoms. The van der Waals surface area contributed by atoms with Crippen LogP contribution in [0.5, 0.6) is 0 Å². The number of nitrogens with two attached hydrogens (primary N) is 1. The van der Waals surface area contributed by atoms with Gasteiger partial charge < -0.3 is 11.1 Å². The highest BCUT2D eigenvalue weighted by molar-refractivity contribution is 6.13. The number of carbonyl (C=O) groups is 3. The molecule has 10 heteroatoms. The SMILES string of the molecule is CCCn1c(N)c(C(=O)CN2C(=O)NC(c3ccccc3)(c3ccccc3)C2=O)c(=O)n(C)c1=O. The summed E-state index contributed by atoms with van der Waals surface area (Å²) in [6.45, 7) is 1.31. The molecule has 0 unspecified atom stereocenters. The zero-order valence-corrected chi connectivity index (χ0v) is 19.4. The number of aromatic nitrogens is 2. The Morgan fingerprint density at radius 2 is 1.49 bits per heavy atom. The van der Waals surface area contributed by atoms with E-state index in [1.54, 1.807) is 60.7 Å². The van der Waals surface area contributed by atoms with Crippen LogP contribution in [0.15, 0.2) is 70.3 Å². The van der Waals surface area contributed by atoms with Gasteiger partial charge in [-0.2, -0.15) is 0 Å². The summed E-state index contributed by atoms with van der Waals surface area (Å²) in [6.07, 6.45) is 0.541. The van der Waals surface area contributed by atoms with E-state index in [4.69, 9.17) is 5.73 Å². The molecule has 0 aliphatic carbocycles. The zero-order chi connectivity index (χ0) is 25.3. The predicted molar refractivity (Wildman–Crippen MR) is 129 cm³/mol. The van der Waals surface area contributed by atoms with Crippen LogP contribution in [0.2, 0.25) is 0 Å². The van der Waals surface area contributed by atoms with E-state index in [1.807, 2.05) is 6.92 Å². The van der Waals surface area contributed by atoms with Crippen molar-refractivity contribution in [3.05, 3.63) is 98.2 Å². The monoisotopic (exact) mass is 475 g/mol. The van der Waals surface area contributed by atoms with Crippen molar-refractivity contribution in [1.29, 1.82) is 0 Å². The fourth-order valence-electron chi connectivity index (χ4n) is 4.36. The first kappa shape index (κ1) is 23.7. The molecule has 4 rings (SSSR count). The minimum absolute atomic E-state index is 0.202. The standard InChI is InChI=1S/C25H25N5O5/c1-3-14-29-20(26)19(21(32)28(2)24(29)35)18(31)15-30-22(33)25(27-23(30)34,16-10-6-4-7-11-16)17-12-8-5-9-13-17/h4-13H,3,14-15,26H2,1-2H3,(H,27,34). The Labute approximate surface area is 200 Å². The number of anilines is 1. The average Bonchev–Trinajstić information content (AvgIpc) is 3.12. The van der Waals surface area contributed by atoms with E-state index in [9.17, 15) is 24.0 Å². The molecule has 10 nitrogen and oxygen atoms in total. The summed E-state index contributed by atoms with van der Waals surface area (Å²) in [7, 11) is 1.25. The van der Waals surface area contributed by atoms with Crippen LogP contribution in [0.1, 0.15) is 34.8 Å². The number of Topliss-reactive ketones (excluding diaryl/α,β-unsaturated/α-hetero) is 1. The summed E-state index contributed by atoms with van der Waals surface area (Å²) in [5, 5.41) is 2.75. The molecule has 3 aromatic rings. The molecule has 2 heterocycles. The highest BCUT2D eigenvalue weighted by Crippen LogP contribution is 2.36. The summed E-state index contributed by atoms with van der Waals surface area (Å²) in [4.78, 5) is 66.1. The number of rotatable bonds is 7. The van der Waals surface area contributed by atoms with Crippen LogP contribution in [0.3, 0.4) is 0 Å². The maximum atomic E-state index is 13.8. The minimum Gasteiger partial charge on any atom is -0.384 e. The van der Waals surface area contributed by atoms with Crippen molar-refractivity contribution >= 4 is 23.5 Å². The maximum absolute atomic E-state index is 13.8. The van der Waals surface area contributed by atoms with Crippen molar-refractivity contribution in [3.8, 4) is 0 Å². The van der Waals surface area contributed by atoms with E-state index in [0.29, 0.717) is 17.5 Å². The Hall–Kier alpha value is -4.47. The molecule has 2 aromatic carbocycles. The molecule has 0 saturated carbocycles. The first-order valence-electron chi connectivity index (χ1n) is 11.1. The Balaban J connectivity index is 1.78. The molecule has 0 atom stereocenters. The Kier molecular flexibility index (Phi) is 6.12. The van der Waals surface area contributed by atoms with Gasteiger partial charge in [-0.25, -0.2) is 9.59 Å². The number of nitrogens with zero attached hydrogens (tertiary/aromatic N) is 3. The van der Waals surface area contributed by atoms with Gasteiger partial charge in [-0.15, -0.1) is 0 Å². The predicted octanol–water partition coefficient (Wildman–Crippen LogP) is 1.22. The van der Waals surface area contributed by atoms with Gasteiger partial charge >= 0.3 is 11.7 Å². The number of amides is 3. The smallest absolute Gasteiger partial charge is 0.332 e. The zero-order valence-electron chi connectivity index (χ0n) is 19.4. The van der Waals surface area contributed by atoms with Gasteiger partial charge in [0, 0.05) is 13.6 Å². The van der Waals surface area contributed by atoms with E-state index in [-0.39, 0.29) is 12.4 Å². The topological polar surface area (TPSA) is 136 Å². The molecule has 1 aliphatic rings. The first-order valence-corrected chi connectivity index (χ1v) is 11.1. The number of hydrogen-bond donors (Lipinski definition) is 2. The maximum Gasteiger partial charge on any atom is 0.332 e. The highest BCUT2D eigenvalue weighted by atomic mass is 16.2. The lowest BCUT2D eigenvalue weighted by atomic mass is 9.82. The summed E-state index contributed by atoms with van der Waals surface area (Å²) in [5.41, 5.74) is 3.58. The van der Waals surface area contributed by atoms with Crippen molar-refractivity contribution in [3.63, 3.8) is 0 Å². The van der Waals surface area contributed by atoms with Gasteiger partial charge in [-0.05, 0) is 17.5 Å². The molecule has 1 fully saturated rings. The van der Waals surface area contributed by atoms with Crippen LogP contribution in [0, 0.1) is 0 Å². The van der Waals surface area contributed by atoms with Gasteiger partial charge in [-0.3, -0.25) is 28.4 Å². The number of imide groups is 1. The third-order valence-electron chi connectivity index (χ3n) is 6.13. The van der Waals surface area contributed by atoms with E-state index in [2.05, 4.69) is 5.32 Å². The van der Waals surface area contributed by atoms with Crippen LogP contribution in [0.25, 0.3) is 0 Å². The highest BCUT2D eigenvalue weighted by Gasteiger charge is 2.54. The lowest BCUT2D eigenvalue weighted by Gasteiger charge is -2.28. The second kappa shape index (κ2) is 9.05. The van der Waals surface area contributed by atoms with E-state index in [1.165, 1.54) is 7.05 Å². The van der Waals surface area contributed by atoms with Crippen molar-refractivity contribution in [2.75, 3.05) is 12.3 Å². The van der Waals surface area contributed by atoms with Gasteiger partial charge in [-0.1, -0.05) is 67.6 Å². The number of urea groups is 1. The molecule has 0 radical (unpaired) electrons. The molecule has 1 saturated heterocycles. The summed E-state index contributed by atoms with van der Waals surface area (Å²) < 4.78 is 1.93. The number of nitrogen functional groups attached to an aromatic ring is 1. The Morgan fingerprint density at radius 3 is 2.00 bits per heavy atom. The van der Waals surface area contributed by atoms with Gasteiger partial charge in [0.05, 0.1) is 6.54 Å². The van der Waals surface area contributed by atoms with Crippen LogP contribution in [-0.2, 0) is 23.9 Å². The average molecular weight is 476 g/mol. The molecular formula is C25H25N5O5. The Bertz CT molecular complexity index is 1390. The minimum atomic E-state index is -1.54. The first-order chi connectivity index (χ1) is 16.7. The van der Waals surface area contributed by atoms with E-state index in [0.717, 1.165) is 14.0 Å². The number of nitrogens with one attached hydrogen (secondary N) is 1. The van der Waals surface area contributed by atoms with Crippen molar-refractivity contribution in [2.45, 2.75) is 25.4 Å². The molecule has 0 bridgehead atoms. The third-order valence-corrected chi connectivity index (χ3v) is 6.13. The fourth-order valence-corrected chi connectivity index (χ4v) is 4.36. The van der Waals surface area contributed by atoms with Crippen LogP contribution < -0.4 is 22.3 Å². The van der Waals surface area contributed by atoms with Crippen LogP contribution in [0.4, 0.5) is 10.6 Å². The molecular weight excluding hydrogens is 450 g/mol. The lowest BCUT2D eigenvalue weighted by molar-refractivity contribution is -0.129. The second-order valence-corrected chi connectivity index (χ2v) is 8.29. The number of hydrogen-bond acceptors (Lipinski definition) is 6. The molecule has 3 N–H and O–H groups in total. The number of ketones is 1. The molecule has 180 valence electrons. The van der Waals surface area contributed by atoms with E-state index < -0.39 is 46.6 Å². The van der Waals surface area contributed by atoms with Gasteiger partial charge in [0.1, 0.15) is 11.4 Å². The van der Waals surface area contributed by atoms with Crippen molar-refractivity contribution in [1.82, 2.24) is 19.4 Å². The van der Waals surface area contributed by atoms with Crippen LogP contribution in [-0.4, -0.2) is 38.3 Å². The van der Waals surface area contributed by atoms with Gasteiger partial charge in [0.25, 0.3) is 11.5 Å². The summed E-state index contributed by atoms with van der Waals surface area (Å²) >= 11 is 0. The van der Waals surface area contributed by atoms with Crippen molar-refractivity contribution < 1.29 is 14.4 Å². The third kappa shape index (κ3) is 3.72. The quantitative estimate of drug-likeness (QED) is 0.389. The van der Waals surface area contributed by atoms with Crippen molar-refractivity contribution in [2.24, 2.45) is 7.05 Å². The Morgan fingerprint density at radius 1 is 0.943 bits per heavy atom. The van der Waals surface area contributed by atoms with Crippen LogP contribution >= 0.6 is 0 Å².